The zero-order chi connectivity index (χ0) is 9.52. The molecular formula is C11H15NS. The minimum Gasteiger partial charge on any atom is -0.303 e. The monoisotopic (exact) mass is 193 g/mol. The van der Waals surface area contributed by atoms with Crippen molar-refractivity contribution in [2.45, 2.75) is 25.8 Å². The highest BCUT2D eigenvalue weighted by molar-refractivity contribution is 7.09. The highest BCUT2D eigenvalue weighted by atomic mass is 32.1. The second-order valence-corrected chi connectivity index (χ2v) is 3.94. The molecule has 0 fully saturated rings. The van der Waals surface area contributed by atoms with Crippen LogP contribution in [0.4, 0.5) is 0 Å². The lowest BCUT2D eigenvalue weighted by atomic mass is 10.2. The van der Waals surface area contributed by atoms with Crippen molar-refractivity contribution < 1.29 is 0 Å². The van der Waals surface area contributed by atoms with Crippen molar-refractivity contribution in [2.24, 2.45) is 0 Å². The van der Waals surface area contributed by atoms with E-state index in [2.05, 4.69) is 35.7 Å². The van der Waals surface area contributed by atoms with Gasteiger partial charge >= 0.3 is 0 Å². The van der Waals surface area contributed by atoms with E-state index in [1.165, 1.54) is 4.88 Å². The molecule has 0 aliphatic carbocycles. The van der Waals surface area contributed by atoms with Crippen LogP contribution in [0.1, 0.15) is 18.2 Å². The van der Waals surface area contributed by atoms with Crippen molar-refractivity contribution in [1.82, 2.24) is 5.32 Å². The Balaban J connectivity index is 2.18. The Kier molecular flexibility index (Phi) is 4.59. The average Bonchev–Trinajstić information content (AvgIpc) is 2.65. The van der Waals surface area contributed by atoms with Crippen LogP contribution in [0, 0.1) is 12.3 Å². The third-order valence-electron chi connectivity index (χ3n) is 1.95. The van der Waals surface area contributed by atoms with E-state index in [-0.39, 0.29) is 6.04 Å². The van der Waals surface area contributed by atoms with E-state index in [4.69, 9.17) is 6.42 Å². The molecule has 0 saturated carbocycles. The van der Waals surface area contributed by atoms with Crippen LogP contribution in [0.3, 0.4) is 0 Å². The maximum Gasteiger partial charge on any atom is 0.0684 e. The fourth-order valence-corrected chi connectivity index (χ4v) is 1.85. The first-order valence-electron chi connectivity index (χ1n) is 4.58. The van der Waals surface area contributed by atoms with Crippen LogP contribution < -0.4 is 5.32 Å². The zero-order valence-corrected chi connectivity index (χ0v) is 8.73. The van der Waals surface area contributed by atoms with E-state index in [9.17, 15) is 0 Å². The van der Waals surface area contributed by atoms with Crippen LogP contribution in [0.15, 0.2) is 17.5 Å². The normalized spacial score (nSPS) is 12.3. The molecule has 0 aliphatic heterocycles. The first kappa shape index (κ1) is 10.3. The van der Waals surface area contributed by atoms with Gasteiger partial charge in [0.1, 0.15) is 0 Å². The summed E-state index contributed by atoms with van der Waals surface area (Å²) in [5, 5.41) is 5.43. The fraction of sp³-hybridized carbons (Fsp3) is 0.455. The SMILES string of the molecule is C#CC(CC)NCCc1cccs1. The van der Waals surface area contributed by atoms with Gasteiger partial charge in [0.05, 0.1) is 6.04 Å². The van der Waals surface area contributed by atoms with Crippen molar-refractivity contribution in [3.05, 3.63) is 22.4 Å². The average molecular weight is 193 g/mol. The summed E-state index contributed by atoms with van der Waals surface area (Å²) in [6.07, 6.45) is 7.41. The van der Waals surface area contributed by atoms with E-state index in [0.29, 0.717) is 0 Å². The van der Waals surface area contributed by atoms with E-state index in [1.54, 1.807) is 11.3 Å². The van der Waals surface area contributed by atoms with Crippen LogP contribution in [-0.2, 0) is 6.42 Å². The highest BCUT2D eigenvalue weighted by Crippen LogP contribution is 2.08. The minimum atomic E-state index is 0.236. The Labute approximate surface area is 84.2 Å². The van der Waals surface area contributed by atoms with Gasteiger partial charge in [-0.3, -0.25) is 0 Å². The quantitative estimate of drug-likeness (QED) is 0.707. The molecule has 13 heavy (non-hydrogen) atoms. The maximum absolute atomic E-state index is 5.33. The zero-order valence-electron chi connectivity index (χ0n) is 7.92. The van der Waals surface area contributed by atoms with Crippen molar-refractivity contribution >= 4 is 11.3 Å². The van der Waals surface area contributed by atoms with Gasteiger partial charge in [0, 0.05) is 11.4 Å². The summed E-state index contributed by atoms with van der Waals surface area (Å²) in [6.45, 7) is 3.08. The lowest BCUT2D eigenvalue weighted by Gasteiger charge is -2.08. The first-order valence-corrected chi connectivity index (χ1v) is 5.46. The Bertz CT molecular complexity index is 258. The van der Waals surface area contributed by atoms with E-state index < -0.39 is 0 Å². The van der Waals surface area contributed by atoms with Gasteiger partial charge in [-0.25, -0.2) is 0 Å². The lowest BCUT2D eigenvalue weighted by molar-refractivity contribution is 0.595. The first-order chi connectivity index (χ1) is 6.36. The molecule has 1 N–H and O–H groups in total. The number of hydrogen-bond donors (Lipinski definition) is 1. The third-order valence-corrected chi connectivity index (χ3v) is 2.89. The van der Waals surface area contributed by atoms with Crippen LogP contribution in [-0.4, -0.2) is 12.6 Å². The summed E-state index contributed by atoms with van der Waals surface area (Å²) < 4.78 is 0. The number of hydrogen-bond acceptors (Lipinski definition) is 2. The van der Waals surface area contributed by atoms with Gasteiger partial charge in [-0.15, -0.1) is 17.8 Å². The predicted molar refractivity (Wildman–Crippen MR) is 58.9 cm³/mol. The number of terminal acetylenes is 1. The summed E-state index contributed by atoms with van der Waals surface area (Å²) >= 11 is 1.80. The second kappa shape index (κ2) is 5.80. The standard InChI is InChI=1S/C11H15NS/c1-3-10(4-2)12-8-7-11-6-5-9-13-11/h1,5-6,9-10,12H,4,7-8H2,2H3. The molecule has 1 unspecified atom stereocenters. The van der Waals surface area contributed by atoms with Gasteiger partial charge in [-0.2, -0.15) is 0 Å². The van der Waals surface area contributed by atoms with Gasteiger partial charge in [0.2, 0.25) is 0 Å². The van der Waals surface area contributed by atoms with Crippen molar-refractivity contribution in [3.63, 3.8) is 0 Å². The fourth-order valence-electron chi connectivity index (χ4n) is 1.15. The summed E-state index contributed by atoms with van der Waals surface area (Å²) in [5.74, 6) is 2.72. The topological polar surface area (TPSA) is 12.0 Å². The van der Waals surface area contributed by atoms with Crippen molar-refractivity contribution in [3.8, 4) is 12.3 Å². The maximum atomic E-state index is 5.33. The minimum absolute atomic E-state index is 0.236. The molecule has 0 saturated heterocycles. The number of rotatable bonds is 5. The molecular weight excluding hydrogens is 178 g/mol. The van der Waals surface area contributed by atoms with Crippen molar-refractivity contribution in [2.75, 3.05) is 6.54 Å². The summed E-state index contributed by atoms with van der Waals surface area (Å²) in [6, 6.07) is 4.47. The summed E-state index contributed by atoms with van der Waals surface area (Å²) in [5.41, 5.74) is 0. The molecule has 0 radical (unpaired) electrons. The molecule has 0 aliphatic rings. The third kappa shape index (κ3) is 3.63. The molecule has 2 heteroatoms. The molecule has 0 aromatic carbocycles. The van der Waals surface area contributed by atoms with E-state index in [1.807, 2.05) is 0 Å². The Morgan fingerprint density at radius 1 is 1.69 bits per heavy atom. The Morgan fingerprint density at radius 2 is 2.54 bits per heavy atom. The van der Waals surface area contributed by atoms with Gasteiger partial charge in [-0.1, -0.05) is 18.9 Å². The smallest absolute Gasteiger partial charge is 0.0684 e. The molecule has 1 atom stereocenters. The van der Waals surface area contributed by atoms with Crippen LogP contribution in [0.25, 0.3) is 0 Å². The Morgan fingerprint density at radius 3 is 3.08 bits per heavy atom. The molecule has 1 nitrogen and oxygen atoms in total. The molecule has 0 bridgehead atoms. The molecule has 70 valence electrons. The molecule has 0 amide bonds. The number of nitrogens with one attached hydrogen (secondary N) is 1. The van der Waals surface area contributed by atoms with Gasteiger partial charge in [-0.05, 0) is 24.3 Å². The molecule has 1 heterocycles. The predicted octanol–water partition coefficient (Wildman–Crippen LogP) is 2.29. The van der Waals surface area contributed by atoms with Crippen LogP contribution in [0.2, 0.25) is 0 Å². The lowest BCUT2D eigenvalue weighted by Crippen LogP contribution is -2.28. The Hall–Kier alpha value is -0.780. The summed E-state index contributed by atoms with van der Waals surface area (Å²) in [7, 11) is 0. The van der Waals surface area contributed by atoms with Crippen LogP contribution >= 0.6 is 11.3 Å². The largest absolute Gasteiger partial charge is 0.303 e. The highest BCUT2D eigenvalue weighted by Gasteiger charge is 1.99. The van der Waals surface area contributed by atoms with Gasteiger partial charge < -0.3 is 5.32 Å². The van der Waals surface area contributed by atoms with Gasteiger partial charge in [0.25, 0.3) is 0 Å². The molecule has 1 aromatic heterocycles. The van der Waals surface area contributed by atoms with E-state index >= 15 is 0 Å². The second-order valence-electron chi connectivity index (χ2n) is 2.91. The number of thiophene rings is 1. The van der Waals surface area contributed by atoms with E-state index in [0.717, 1.165) is 19.4 Å². The summed E-state index contributed by atoms with van der Waals surface area (Å²) in [4.78, 5) is 1.42. The molecule has 1 aromatic rings. The van der Waals surface area contributed by atoms with Gasteiger partial charge in [0.15, 0.2) is 0 Å². The molecule has 1 rings (SSSR count). The van der Waals surface area contributed by atoms with Crippen LogP contribution in [0.5, 0.6) is 0 Å². The van der Waals surface area contributed by atoms with Crippen molar-refractivity contribution in [1.29, 1.82) is 0 Å². The molecule has 0 spiro atoms.